The van der Waals surface area contributed by atoms with E-state index in [1.807, 2.05) is 24.9 Å². The summed E-state index contributed by atoms with van der Waals surface area (Å²) in [5.74, 6) is 0.838. The SMILES string of the molecule is CCN1c2nc(NCc3cnn(Cc4ccc(F)cc4)c3)nc(C)c2NC(O)[C@@H]1[C@H](C)O. The summed E-state index contributed by atoms with van der Waals surface area (Å²) in [5.41, 5.74) is 3.28. The lowest BCUT2D eigenvalue weighted by Gasteiger charge is -2.42. The van der Waals surface area contributed by atoms with Crippen molar-refractivity contribution in [1.82, 2.24) is 19.7 Å². The second-order valence-corrected chi connectivity index (χ2v) is 7.96. The summed E-state index contributed by atoms with van der Waals surface area (Å²) in [5, 5.41) is 31.2. The van der Waals surface area contributed by atoms with Crippen LogP contribution in [0.1, 0.15) is 30.7 Å². The van der Waals surface area contributed by atoms with Crippen LogP contribution in [-0.4, -0.2) is 54.9 Å². The molecule has 170 valence electrons. The van der Waals surface area contributed by atoms with Crippen molar-refractivity contribution in [2.75, 3.05) is 22.1 Å². The van der Waals surface area contributed by atoms with Gasteiger partial charge in [0, 0.05) is 24.8 Å². The number of aromatic nitrogens is 4. The standard InChI is InChI=1S/C22H28FN7O2/c1-4-30-19(14(3)31)21(32)27-18-13(2)26-22(28-20(18)30)24-9-16-10-25-29(12-16)11-15-5-7-17(23)8-6-15/h5-8,10,12,14,19,21,27,31-32H,4,9,11H2,1-3H3,(H,24,26,28)/t14-,19-,21?/m0/s1. The van der Waals surface area contributed by atoms with Crippen molar-refractivity contribution in [2.24, 2.45) is 0 Å². The molecule has 0 saturated heterocycles. The maximum absolute atomic E-state index is 13.1. The Bertz CT molecular complexity index is 1070. The molecule has 0 bridgehead atoms. The van der Waals surface area contributed by atoms with Crippen LogP contribution in [0.4, 0.5) is 21.8 Å². The normalized spacial score (nSPS) is 18.8. The Morgan fingerprint density at radius 1 is 1.22 bits per heavy atom. The topological polar surface area (TPSA) is 111 Å². The first-order valence-electron chi connectivity index (χ1n) is 10.6. The number of halogens is 1. The van der Waals surface area contributed by atoms with Crippen molar-refractivity contribution in [3.63, 3.8) is 0 Å². The fourth-order valence-electron chi connectivity index (χ4n) is 3.99. The Kier molecular flexibility index (Phi) is 6.24. The molecule has 0 amide bonds. The summed E-state index contributed by atoms with van der Waals surface area (Å²) < 4.78 is 14.9. The Morgan fingerprint density at radius 2 is 1.97 bits per heavy atom. The molecular weight excluding hydrogens is 413 g/mol. The number of likely N-dealkylation sites (N-methyl/N-ethyl adjacent to an activating group) is 1. The van der Waals surface area contributed by atoms with E-state index in [0.29, 0.717) is 42.8 Å². The second-order valence-electron chi connectivity index (χ2n) is 7.96. The average Bonchev–Trinajstić information content (AvgIpc) is 3.20. The quantitative estimate of drug-likeness (QED) is 0.441. The molecule has 1 unspecified atom stereocenters. The minimum Gasteiger partial charge on any atom is -0.391 e. The monoisotopic (exact) mass is 441 g/mol. The predicted molar refractivity (Wildman–Crippen MR) is 120 cm³/mol. The number of hydrogen-bond acceptors (Lipinski definition) is 8. The largest absolute Gasteiger partial charge is 0.391 e. The Hall–Kier alpha value is -3.24. The number of aliphatic hydroxyl groups is 2. The van der Waals surface area contributed by atoms with Crippen molar-refractivity contribution in [2.45, 2.75) is 52.2 Å². The van der Waals surface area contributed by atoms with Crippen LogP contribution in [0.15, 0.2) is 36.7 Å². The first kappa shape index (κ1) is 22.0. The highest BCUT2D eigenvalue weighted by Crippen LogP contribution is 2.35. The van der Waals surface area contributed by atoms with Crippen molar-refractivity contribution in [1.29, 1.82) is 0 Å². The number of nitrogens with one attached hydrogen (secondary N) is 2. The number of hydrogen-bond donors (Lipinski definition) is 4. The molecule has 10 heteroatoms. The summed E-state index contributed by atoms with van der Waals surface area (Å²) >= 11 is 0. The minimum absolute atomic E-state index is 0.259. The second kappa shape index (κ2) is 9.09. The molecule has 1 aromatic carbocycles. The molecule has 0 saturated carbocycles. The first-order chi connectivity index (χ1) is 15.4. The molecular formula is C22H28FN7O2. The van der Waals surface area contributed by atoms with Crippen LogP contribution in [0, 0.1) is 12.7 Å². The summed E-state index contributed by atoms with van der Waals surface area (Å²) in [7, 11) is 0. The molecule has 0 fully saturated rings. The number of benzene rings is 1. The molecule has 1 aliphatic heterocycles. The predicted octanol–water partition coefficient (Wildman–Crippen LogP) is 2.10. The highest BCUT2D eigenvalue weighted by molar-refractivity contribution is 5.73. The molecule has 4 N–H and O–H groups in total. The molecule has 3 heterocycles. The van der Waals surface area contributed by atoms with Crippen molar-refractivity contribution in [3.05, 3.63) is 59.3 Å². The van der Waals surface area contributed by atoms with E-state index in [4.69, 9.17) is 0 Å². The van der Waals surface area contributed by atoms with Crippen LogP contribution in [0.25, 0.3) is 0 Å². The van der Waals surface area contributed by atoms with E-state index in [-0.39, 0.29) is 5.82 Å². The van der Waals surface area contributed by atoms with Crippen molar-refractivity contribution in [3.8, 4) is 0 Å². The van der Waals surface area contributed by atoms with E-state index in [0.717, 1.165) is 11.1 Å². The lowest BCUT2D eigenvalue weighted by molar-refractivity contribution is 0.0728. The van der Waals surface area contributed by atoms with Crippen LogP contribution in [-0.2, 0) is 13.1 Å². The van der Waals surface area contributed by atoms with Gasteiger partial charge in [-0.05, 0) is 38.5 Å². The fourth-order valence-corrected chi connectivity index (χ4v) is 3.99. The zero-order chi connectivity index (χ0) is 22.8. The van der Waals surface area contributed by atoms with E-state index >= 15 is 0 Å². The number of rotatable bonds is 7. The van der Waals surface area contributed by atoms with Gasteiger partial charge in [-0.25, -0.2) is 9.37 Å². The van der Waals surface area contributed by atoms with Gasteiger partial charge in [-0.15, -0.1) is 0 Å². The minimum atomic E-state index is -0.921. The van der Waals surface area contributed by atoms with Crippen LogP contribution in [0.3, 0.4) is 0 Å². The summed E-state index contributed by atoms with van der Waals surface area (Å²) in [6.07, 6.45) is 2.02. The van der Waals surface area contributed by atoms with Crippen LogP contribution < -0.4 is 15.5 Å². The molecule has 1 aliphatic rings. The van der Waals surface area contributed by atoms with Gasteiger partial charge in [0.25, 0.3) is 0 Å². The van der Waals surface area contributed by atoms with E-state index in [1.165, 1.54) is 12.1 Å². The van der Waals surface area contributed by atoms with Crippen molar-refractivity contribution < 1.29 is 14.6 Å². The molecule has 3 atom stereocenters. The van der Waals surface area contributed by atoms with Gasteiger partial charge < -0.3 is 25.7 Å². The van der Waals surface area contributed by atoms with E-state index < -0.39 is 18.4 Å². The van der Waals surface area contributed by atoms with Crippen LogP contribution in [0.2, 0.25) is 0 Å². The molecule has 4 rings (SSSR count). The zero-order valence-corrected chi connectivity index (χ0v) is 18.3. The number of aryl methyl sites for hydroxylation is 1. The highest BCUT2D eigenvalue weighted by Gasteiger charge is 2.37. The summed E-state index contributed by atoms with van der Waals surface area (Å²) in [6.45, 7) is 7.06. The van der Waals surface area contributed by atoms with Gasteiger partial charge in [0.2, 0.25) is 5.95 Å². The van der Waals surface area contributed by atoms with Gasteiger partial charge >= 0.3 is 0 Å². The van der Waals surface area contributed by atoms with Crippen molar-refractivity contribution >= 4 is 17.5 Å². The van der Waals surface area contributed by atoms with Gasteiger partial charge in [-0.1, -0.05) is 12.1 Å². The molecule has 32 heavy (non-hydrogen) atoms. The average molecular weight is 442 g/mol. The molecule has 0 spiro atoms. The Morgan fingerprint density at radius 3 is 2.66 bits per heavy atom. The third-order valence-electron chi connectivity index (χ3n) is 5.55. The summed E-state index contributed by atoms with van der Waals surface area (Å²) in [4.78, 5) is 11.0. The Balaban J connectivity index is 1.48. The zero-order valence-electron chi connectivity index (χ0n) is 18.3. The van der Waals surface area contributed by atoms with E-state index in [2.05, 4.69) is 25.7 Å². The van der Waals surface area contributed by atoms with E-state index in [9.17, 15) is 14.6 Å². The molecule has 9 nitrogen and oxygen atoms in total. The van der Waals surface area contributed by atoms with Gasteiger partial charge in [0.05, 0.1) is 24.5 Å². The Labute approximate surface area is 185 Å². The maximum Gasteiger partial charge on any atom is 0.225 e. The van der Waals surface area contributed by atoms with Crippen LogP contribution >= 0.6 is 0 Å². The fraction of sp³-hybridized carbons (Fsp3) is 0.409. The van der Waals surface area contributed by atoms with Gasteiger partial charge in [-0.2, -0.15) is 10.1 Å². The lowest BCUT2D eigenvalue weighted by Crippen LogP contribution is -2.56. The number of anilines is 3. The number of aliphatic hydroxyl groups excluding tert-OH is 2. The molecule has 0 radical (unpaired) electrons. The molecule has 0 aliphatic carbocycles. The third-order valence-corrected chi connectivity index (χ3v) is 5.55. The maximum atomic E-state index is 13.1. The third kappa shape index (κ3) is 4.51. The van der Waals surface area contributed by atoms with Crippen LogP contribution in [0.5, 0.6) is 0 Å². The first-order valence-corrected chi connectivity index (χ1v) is 10.6. The summed E-state index contributed by atoms with van der Waals surface area (Å²) in [6, 6.07) is 5.84. The van der Waals surface area contributed by atoms with Gasteiger partial charge in [0.15, 0.2) is 5.82 Å². The van der Waals surface area contributed by atoms with Gasteiger partial charge in [0.1, 0.15) is 23.8 Å². The molecule has 3 aromatic rings. The lowest BCUT2D eigenvalue weighted by atomic mass is 10.0. The molecule has 2 aromatic heterocycles. The van der Waals surface area contributed by atoms with E-state index in [1.54, 1.807) is 29.9 Å². The smallest absolute Gasteiger partial charge is 0.225 e. The highest BCUT2D eigenvalue weighted by atomic mass is 19.1. The number of nitrogens with zero attached hydrogens (tertiary/aromatic N) is 5. The van der Waals surface area contributed by atoms with Gasteiger partial charge in [-0.3, -0.25) is 4.68 Å². The number of fused-ring (bicyclic) bond motifs is 1.